The lowest BCUT2D eigenvalue weighted by atomic mass is 10.1. The van der Waals surface area contributed by atoms with Crippen molar-refractivity contribution < 1.29 is 28.5 Å². The lowest BCUT2D eigenvalue weighted by Gasteiger charge is -2.20. The summed E-state index contributed by atoms with van der Waals surface area (Å²) in [7, 11) is 6.13. The van der Waals surface area contributed by atoms with Crippen LogP contribution in [0.15, 0.2) is 30.3 Å². The normalized spacial score (nSPS) is 15.7. The predicted octanol–water partition coefficient (Wildman–Crippen LogP) is 3.32. The third kappa shape index (κ3) is 4.01. The zero-order valence-corrected chi connectivity index (χ0v) is 18.9. The average molecular weight is 458 g/mol. The van der Waals surface area contributed by atoms with E-state index < -0.39 is 5.92 Å². The summed E-state index contributed by atoms with van der Waals surface area (Å²) in [6.07, 6.45) is 0.0984. The van der Waals surface area contributed by atoms with Gasteiger partial charge in [0.1, 0.15) is 5.75 Å². The van der Waals surface area contributed by atoms with Gasteiger partial charge in [-0.2, -0.15) is 0 Å². The molecule has 0 bridgehead atoms. The van der Waals surface area contributed by atoms with Crippen molar-refractivity contribution in [2.75, 3.05) is 45.2 Å². The summed E-state index contributed by atoms with van der Waals surface area (Å²) in [5, 5.41) is 3.33. The molecule has 1 aromatic heterocycles. The van der Waals surface area contributed by atoms with E-state index in [1.165, 1.54) is 32.7 Å². The number of anilines is 2. The van der Waals surface area contributed by atoms with Crippen LogP contribution in [0.2, 0.25) is 0 Å². The topological polar surface area (TPSA) is 99.2 Å². The number of benzene rings is 2. The van der Waals surface area contributed by atoms with Crippen LogP contribution in [0.1, 0.15) is 6.42 Å². The molecule has 32 heavy (non-hydrogen) atoms. The minimum atomic E-state index is -0.511. The van der Waals surface area contributed by atoms with Crippen LogP contribution in [0.4, 0.5) is 10.8 Å². The number of thiazole rings is 1. The molecular formula is C22H23N3O6S. The Kier molecular flexibility index (Phi) is 6.04. The van der Waals surface area contributed by atoms with Crippen LogP contribution < -0.4 is 29.2 Å². The number of methoxy groups -OCH3 is 4. The van der Waals surface area contributed by atoms with Crippen molar-refractivity contribution in [3.8, 4) is 23.0 Å². The number of hydrogen-bond donors (Lipinski definition) is 1. The molecule has 1 unspecified atom stereocenters. The number of rotatable bonds is 7. The molecule has 1 aliphatic rings. The van der Waals surface area contributed by atoms with E-state index in [0.29, 0.717) is 28.1 Å². The molecule has 4 rings (SSSR count). The molecule has 0 saturated carbocycles. The molecule has 1 fully saturated rings. The molecule has 9 nitrogen and oxygen atoms in total. The highest BCUT2D eigenvalue weighted by atomic mass is 32.1. The van der Waals surface area contributed by atoms with Gasteiger partial charge in [0.25, 0.3) is 0 Å². The number of aromatic nitrogens is 1. The summed E-state index contributed by atoms with van der Waals surface area (Å²) in [5.74, 6) is 1.12. The van der Waals surface area contributed by atoms with Crippen molar-refractivity contribution in [3.05, 3.63) is 30.3 Å². The first-order chi connectivity index (χ1) is 15.5. The summed E-state index contributed by atoms with van der Waals surface area (Å²) < 4.78 is 22.2. The van der Waals surface area contributed by atoms with Crippen molar-refractivity contribution in [1.82, 2.24) is 4.98 Å². The van der Waals surface area contributed by atoms with Crippen molar-refractivity contribution in [2.24, 2.45) is 5.92 Å². The van der Waals surface area contributed by atoms with Crippen LogP contribution in [-0.4, -0.2) is 51.8 Å². The fraction of sp³-hybridized carbons (Fsp3) is 0.318. The zero-order chi connectivity index (χ0) is 22.8. The van der Waals surface area contributed by atoms with E-state index in [0.717, 1.165) is 16.0 Å². The molecule has 0 aliphatic carbocycles. The third-order valence-electron chi connectivity index (χ3n) is 5.28. The van der Waals surface area contributed by atoms with Gasteiger partial charge >= 0.3 is 0 Å². The van der Waals surface area contributed by atoms with Crippen LogP contribution in [0, 0.1) is 5.92 Å². The second kappa shape index (κ2) is 8.91. The van der Waals surface area contributed by atoms with E-state index in [4.69, 9.17) is 18.9 Å². The van der Waals surface area contributed by atoms with Gasteiger partial charge in [0.05, 0.1) is 50.3 Å². The maximum absolute atomic E-state index is 12.9. The fourth-order valence-electron chi connectivity index (χ4n) is 3.65. The first-order valence-corrected chi connectivity index (χ1v) is 10.6. The highest BCUT2D eigenvalue weighted by Gasteiger charge is 2.36. The summed E-state index contributed by atoms with van der Waals surface area (Å²) in [6.45, 7) is 0.238. The maximum Gasteiger partial charge on any atom is 0.231 e. The van der Waals surface area contributed by atoms with E-state index >= 15 is 0 Å². The van der Waals surface area contributed by atoms with Gasteiger partial charge < -0.3 is 29.2 Å². The van der Waals surface area contributed by atoms with Crippen LogP contribution in [-0.2, 0) is 9.59 Å². The Labute approximate surface area is 188 Å². The highest BCUT2D eigenvalue weighted by Crippen LogP contribution is 2.42. The van der Waals surface area contributed by atoms with Gasteiger partial charge in [-0.1, -0.05) is 11.3 Å². The number of carbonyl (C=O) groups excluding carboxylic acids is 2. The summed E-state index contributed by atoms with van der Waals surface area (Å²) in [6, 6.07) is 8.92. The molecule has 1 N–H and O–H groups in total. The second-order valence-corrected chi connectivity index (χ2v) is 8.16. The summed E-state index contributed by atoms with van der Waals surface area (Å²) >= 11 is 1.36. The fourth-order valence-corrected chi connectivity index (χ4v) is 4.55. The Bertz CT molecular complexity index is 1150. The largest absolute Gasteiger partial charge is 0.497 e. The van der Waals surface area contributed by atoms with Gasteiger partial charge in [-0.05, 0) is 18.2 Å². The first kappa shape index (κ1) is 21.7. The van der Waals surface area contributed by atoms with E-state index in [-0.39, 0.29) is 24.8 Å². The Morgan fingerprint density at radius 2 is 1.78 bits per heavy atom. The van der Waals surface area contributed by atoms with Crippen molar-refractivity contribution in [2.45, 2.75) is 6.42 Å². The number of nitrogens with one attached hydrogen (secondary N) is 1. The van der Waals surface area contributed by atoms with E-state index in [1.807, 2.05) is 18.2 Å². The van der Waals surface area contributed by atoms with Crippen LogP contribution >= 0.6 is 11.3 Å². The zero-order valence-electron chi connectivity index (χ0n) is 18.1. The average Bonchev–Trinajstić information content (AvgIpc) is 3.39. The molecule has 10 heteroatoms. The smallest absolute Gasteiger partial charge is 0.231 e. The number of nitrogens with zero attached hydrogens (tertiary/aromatic N) is 2. The minimum absolute atomic E-state index is 0.0984. The van der Waals surface area contributed by atoms with Crippen LogP contribution in [0.5, 0.6) is 23.0 Å². The molecule has 1 saturated heterocycles. The number of ether oxygens (including phenoxy) is 4. The molecule has 0 spiro atoms. The first-order valence-electron chi connectivity index (χ1n) is 9.83. The highest BCUT2D eigenvalue weighted by molar-refractivity contribution is 7.22. The molecule has 3 aromatic rings. The Hall–Kier alpha value is -3.53. The van der Waals surface area contributed by atoms with Crippen molar-refractivity contribution >= 4 is 44.2 Å². The lowest BCUT2D eigenvalue weighted by molar-refractivity contribution is -0.122. The maximum atomic E-state index is 12.9. The molecule has 168 valence electrons. The van der Waals surface area contributed by atoms with Crippen molar-refractivity contribution in [1.29, 1.82) is 0 Å². The third-order valence-corrected chi connectivity index (χ3v) is 6.22. The number of carbonyl (C=O) groups is 2. The van der Waals surface area contributed by atoms with Gasteiger partial charge in [0, 0.05) is 25.1 Å². The van der Waals surface area contributed by atoms with Gasteiger partial charge in [-0.25, -0.2) is 4.98 Å². The summed E-state index contributed by atoms with van der Waals surface area (Å²) in [4.78, 5) is 31.6. The molecule has 2 heterocycles. The molecule has 1 atom stereocenters. The molecular weight excluding hydrogens is 434 g/mol. The molecule has 1 aliphatic heterocycles. The van der Waals surface area contributed by atoms with Crippen LogP contribution in [0.3, 0.4) is 0 Å². The number of hydrogen-bond acceptors (Lipinski definition) is 8. The Balaban J connectivity index is 1.52. The molecule has 0 radical (unpaired) electrons. The van der Waals surface area contributed by atoms with Gasteiger partial charge in [0.2, 0.25) is 17.6 Å². The van der Waals surface area contributed by atoms with Crippen LogP contribution in [0.25, 0.3) is 10.2 Å². The van der Waals surface area contributed by atoms with E-state index in [9.17, 15) is 9.59 Å². The van der Waals surface area contributed by atoms with Gasteiger partial charge in [0.15, 0.2) is 16.6 Å². The van der Waals surface area contributed by atoms with Gasteiger partial charge in [-0.3, -0.25) is 9.59 Å². The lowest BCUT2D eigenvalue weighted by Crippen LogP contribution is -2.28. The van der Waals surface area contributed by atoms with E-state index in [2.05, 4.69) is 10.3 Å². The standard InChI is InChI=1S/C22H23N3O6S/c1-28-14-5-6-15-18(10-14)32-22(23-15)24-21(27)12-7-19(26)25(11-12)13-8-16(29-2)20(31-4)17(9-13)30-3/h5-6,8-10,12H,7,11H2,1-4H3,(H,23,24,27). The molecule has 2 amide bonds. The van der Waals surface area contributed by atoms with Gasteiger partial charge in [-0.15, -0.1) is 0 Å². The van der Waals surface area contributed by atoms with Crippen molar-refractivity contribution in [3.63, 3.8) is 0 Å². The second-order valence-electron chi connectivity index (χ2n) is 7.13. The summed E-state index contributed by atoms with van der Waals surface area (Å²) in [5.41, 5.74) is 1.35. The SMILES string of the molecule is COc1ccc2nc(NC(=O)C3CC(=O)N(c4cc(OC)c(OC)c(OC)c4)C3)sc2c1. The Morgan fingerprint density at radius 3 is 2.41 bits per heavy atom. The number of fused-ring (bicyclic) bond motifs is 1. The molecule has 2 aromatic carbocycles. The van der Waals surface area contributed by atoms with E-state index in [1.54, 1.807) is 24.1 Å². The minimum Gasteiger partial charge on any atom is -0.497 e. The predicted molar refractivity (Wildman–Crippen MR) is 121 cm³/mol. The Morgan fingerprint density at radius 1 is 1.06 bits per heavy atom. The monoisotopic (exact) mass is 457 g/mol. The quantitative estimate of drug-likeness (QED) is 0.581. The number of amides is 2.